The normalized spacial score (nSPS) is 17.4. The van der Waals surface area contributed by atoms with Crippen LogP contribution in [0.2, 0.25) is 5.02 Å². The maximum Gasteiger partial charge on any atom is 0.151 e. The van der Waals surface area contributed by atoms with E-state index in [1.807, 2.05) is 18.2 Å². The lowest BCUT2D eigenvalue weighted by Gasteiger charge is -2.27. The molecule has 6 rings (SSSR count). The molecule has 35 heavy (non-hydrogen) atoms. The van der Waals surface area contributed by atoms with Crippen LogP contribution < -0.4 is 5.73 Å². The van der Waals surface area contributed by atoms with Crippen LogP contribution in [-0.2, 0) is 11.3 Å². The summed E-state index contributed by atoms with van der Waals surface area (Å²) in [5.41, 5.74) is 14.6. The third-order valence-corrected chi connectivity index (χ3v) is 7.69. The van der Waals surface area contributed by atoms with Gasteiger partial charge in [0, 0.05) is 36.1 Å². The Balaban J connectivity index is 1.51. The van der Waals surface area contributed by atoms with E-state index >= 15 is 0 Å². The van der Waals surface area contributed by atoms with Crippen molar-refractivity contribution in [2.24, 2.45) is 0 Å². The van der Waals surface area contributed by atoms with Crippen LogP contribution in [0.1, 0.15) is 42.9 Å². The van der Waals surface area contributed by atoms with Gasteiger partial charge in [-0.15, -0.1) is 0 Å². The molecule has 2 aromatic heterocycles. The number of nitrogen functional groups attached to an aromatic ring is 1. The SMILES string of the molecule is Nc1ncnn2c(C3CCCC3)c(CN3CCOCC3)c(-c3ccc(-c4cccc(Cl)c4)cc3)c12. The van der Waals surface area contributed by atoms with Crippen molar-refractivity contribution in [2.75, 3.05) is 32.0 Å². The maximum atomic E-state index is 6.53. The van der Waals surface area contributed by atoms with Gasteiger partial charge in [0.1, 0.15) is 11.8 Å². The van der Waals surface area contributed by atoms with Gasteiger partial charge in [-0.25, -0.2) is 9.50 Å². The van der Waals surface area contributed by atoms with E-state index in [0.29, 0.717) is 11.7 Å². The first-order valence-corrected chi connectivity index (χ1v) is 12.9. The standard InChI is InChI=1S/C28H30ClN5O/c29-23-7-3-6-22(16-23)19-8-10-20(11-9-19)25-24(17-33-12-14-35-15-13-33)26(21-4-1-2-5-21)34-27(25)28(30)31-18-32-34/h3,6-11,16,18,21H,1-2,4-5,12-15,17H2,(H2,30,31,32). The predicted octanol–water partition coefficient (Wildman–Crippen LogP) is 5.79. The molecule has 0 unspecified atom stereocenters. The van der Waals surface area contributed by atoms with Crippen molar-refractivity contribution in [3.63, 3.8) is 0 Å². The molecule has 1 saturated heterocycles. The number of nitrogens with two attached hydrogens (primary N) is 1. The maximum absolute atomic E-state index is 6.53. The van der Waals surface area contributed by atoms with Crippen molar-refractivity contribution in [1.29, 1.82) is 0 Å². The van der Waals surface area contributed by atoms with Gasteiger partial charge in [0.05, 0.1) is 18.9 Å². The molecule has 1 aliphatic carbocycles. The molecule has 0 atom stereocenters. The molecular weight excluding hydrogens is 458 g/mol. The summed E-state index contributed by atoms with van der Waals surface area (Å²) < 4.78 is 7.72. The fourth-order valence-corrected chi connectivity index (χ4v) is 5.94. The Hall–Kier alpha value is -2.93. The molecule has 2 N–H and O–H groups in total. The van der Waals surface area contributed by atoms with E-state index in [9.17, 15) is 0 Å². The van der Waals surface area contributed by atoms with Gasteiger partial charge < -0.3 is 10.5 Å². The van der Waals surface area contributed by atoms with E-state index in [1.54, 1.807) is 6.33 Å². The van der Waals surface area contributed by atoms with Gasteiger partial charge >= 0.3 is 0 Å². The summed E-state index contributed by atoms with van der Waals surface area (Å²) >= 11 is 6.24. The van der Waals surface area contributed by atoms with Crippen molar-refractivity contribution in [3.8, 4) is 22.3 Å². The van der Waals surface area contributed by atoms with Crippen LogP contribution in [0.5, 0.6) is 0 Å². The molecule has 0 spiro atoms. The molecule has 2 aromatic carbocycles. The Morgan fingerprint density at radius 2 is 1.71 bits per heavy atom. The molecule has 4 aromatic rings. The number of nitrogens with zero attached hydrogens (tertiary/aromatic N) is 4. The number of benzene rings is 2. The summed E-state index contributed by atoms with van der Waals surface area (Å²) in [5.74, 6) is 1.02. The zero-order chi connectivity index (χ0) is 23.8. The number of fused-ring (bicyclic) bond motifs is 1. The van der Waals surface area contributed by atoms with E-state index in [2.05, 4.69) is 44.7 Å². The summed E-state index contributed by atoms with van der Waals surface area (Å²) in [7, 11) is 0. The predicted molar refractivity (Wildman–Crippen MR) is 141 cm³/mol. The topological polar surface area (TPSA) is 68.7 Å². The number of aromatic nitrogens is 3. The summed E-state index contributed by atoms with van der Waals surface area (Å²) in [4.78, 5) is 6.88. The second-order valence-electron chi connectivity index (χ2n) is 9.60. The summed E-state index contributed by atoms with van der Waals surface area (Å²) in [6.07, 6.45) is 6.50. The average Bonchev–Trinajstić information content (AvgIpc) is 3.51. The van der Waals surface area contributed by atoms with E-state index in [-0.39, 0.29) is 0 Å². The van der Waals surface area contributed by atoms with Crippen molar-refractivity contribution < 1.29 is 4.74 Å². The molecule has 2 fully saturated rings. The van der Waals surface area contributed by atoms with Crippen LogP contribution in [0.25, 0.3) is 27.8 Å². The fourth-order valence-electron chi connectivity index (χ4n) is 5.75. The molecule has 0 bridgehead atoms. The minimum atomic E-state index is 0.493. The van der Waals surface area contributed by atoms with Crippen LogP contribution in [0.15, 0.2) is 54.9 Å². The third kappa shape index (κ3) is 4.31. The lowest BCUT2D eigenvalue weighted by Crippen LogP contribution is -2.36. The number of halogens is 1. The molecule has 0 amide bonds. The third-order valence-electron chi connectivity index (χ3n) is 7.45. The summed E-state index contributed by atoms with van der Waals surface area (Å²) in [6.45, 7) is 4.29. The Morgan fingerprint density at radius 1 is 0.971 bits per heavy atom. The molecule has 7 heteroatoms. The molecule has 0 radical (unpaired) electrons. The van der Waals surface area contributed by atoms with Gasteiger partial charge in [-0.1, -0.05) is 60.8 Å². The van der Waals surface area contributed by atoms with Gasteiger partial charge in [0.25, 0.3) is 0 Å². The van der Waals surface area contributed by atoms with Crippen LogP contribution in [0.4, 0.5) is 5.82 Å². The minimum Gasteiger partial charge on any atom is -0.382 e. The lowest BCUT2D eigenvalue weighted by atomic mass is 9.93. The monoisotopic (exact) mass is 487 g/mol. The zero-order valence-electron chi connectivity index (χ0n) is 19.8. The quantitative estimate of drug-likeness (QED) is 0.386. The molecule has 6 nitrogen and oxygen atoms in total. The van der Waals surface area contributed by atoms with E-state index < -0.39 is 0 Å². The van der Waals surface area contributed by atoms with Crippen LogP contribution in [0, 0.1) is 0 Å². The summed E-state index contributed by atoms with van der Waals surface area (Å²) in [5, 5.41) is 5.47. The van der Waals surface area contributed by atoms with Crippen LogP contribution in [-0.4, -0.2) is 45.8 Å². The smallest absolute Gasteiger partial charge is 0.151 e. The molecule has 180 valence electrons. The van der Waals surface area contributed by atoms with Gasteiger partial charge in [-0.05, 0) is 47.2 Å². The first-order chi connectivity index (χ1) is 17.2. The number of hydrogen-bond donors (Lipinski definition) is 1. The number of hydrogen-bond acceptors (Lipinski definition) is 5. The van der Waals surface area contributed by atoms with E-state index in [4.69, 9.17) is 27.2 Å². The highest BCUT2D eigenvalue weighted by molar-refractivity contribution is 6.30. The molecular formula is C28H30ClN5O. The largest absolute Gasteiger partial charge is 0.382 e. The van der Waals surface area contributed by atoms with Gasteiger partial charge in [0.15, 0.2) is 5.82 Å². The van der Waals surface area contributed by atoms with Crippen molar-refractivity contribution in [2.45, 2.75) is 38.1 Å². The number of ether oxygens (including phenoxy) is 1. The highest BCUT2D eigenvalue weighted by Crippen LogP contribution is 2.44. The van der Waals surface area contributed by atoms with Gasteiger partial charge in [0.2, 0.25) is 0 Å². The number of anilines is 1. The van der Waals surface area contributed by atoms with Gasteiger partial charge in [-0.3, -0.25) is 4.90 Å². The second kappa shape index (κ2) is 9.61. The first kappa shape index (κ1) is 22.5. The molecule has 1 aliphatic heterocycles. The van der Waals surface area contributed by atoms with Crippen molar-refractivity contribution in [3.05, 3.63) is 71.1 Å². The Bertz CT molecular complexity index is 1340. The van der Waals surface area contributed by atoms with Crippen molar-refractivity contribution in [1.82, 2.24) is 19.5 Å². The first-order valence-electron chi connectivity index (χ1n) is 12.5. The van der Waals surface area contributed by atoms with E-state index in [1.165, 1.54) is 36.9 Å². The average molecular weight is 488 g/mol. The summed E-state index contributed by atoms with van der Waals surface area (Å²) in [6, 6.07) is 16.7. The van der Waals surface area contributed by atoms with Crippen LogP contribution in [0.3, 0.4) is 0 Å². The highest BCUT2D eigenvalue weighted by Gasteiger charge is 2.30. The Kier molecular flexibility index (Phi) is 6.19. The Morgan fingerprint density at radius 3 is 2.46 bits per heavy atom. The Labute approximate surface area is 210 Å². The zero-order valence-corrected chi connectivity index (χ0v) is 20.5. The fraction of sp³-hybridized carbons (Fsp3) is 0.357. The molecule has 3 heterocycles. The second-order valence-corrected chi connectivity index (χ2v) is 10.0. The highest BCUT2D eigenvalue weighted by atomic mass is 35.5. The molecule has 1 saturated carbocycles. The number of rotatable bonds is 5. The molecule has 2 aliphatic rings. The van der Waals surface area contributed by atoms with Gasteiger partial charge in [-0.2, -0.15) is 5.10 Å². The number of morpholine rings is 1. The van der Waals surface area contributed by atoms with Crippen molar-refractivity contribution >= 4 is 22.9 Å². The van der Waals surface area contributed by atoms with E-state index in [0.717, 1.165) is 65.6 Å². The lowest BCUT2D eigenvalue weighted by molar-refractivity contribution is 0.0341. The minimum absolute atomic E-state index is 0.493. The van der Waals surface area contributed by atoms with Crippen LogP contribution >= 0.6 is 11.6 Å².